The molecule has 2 fully saturated rings. The van der Waals surface area contributed by atoms with E-state index >= 15 is 0 Å². The average molecular weight is 719 g/mol. The van der Waals surface area contributed by atoms with Crippen LogP contribution < -0.4 is 25.4 Å². The van der Waals surface area contributed by atoms with Crippen molar-refractivity contribution in [3.63, 3.8) is 0 Å². The number of ether oxygens (including phenoxy) is 2. The quantitative estimate of drug-likeness (QED) is 0.125. The van der Waals surface area contributed by atoms with Gasteiger partial charge in [-0.25, -0.2) is 9.97 Å². The highest BCUT2D eigenvalue weighted by Gasteiger charge is 2.23. The number of halogens is 2. The van der Waals surface area contributed by atoms with Crippen molar-refractivity contribution in [3.8, 4) is 45.4 Å². The lowest BCUT2D eigenvalue weighted by atomic mass is 9.98. The molecule has 13 heteroatoms. The summed E-state index contributed by atoms with van der Waals surface area (Å²) < 4.78 is 11.2. The SMILES string of the molecule is COc1nc(-c2cccc(-c3cccc(-c4cnc(CNCC[C@@H]5CNC(=O)C5)c(OC)n4)c3Cl)c2Cl)cnc1CCCC[C@@H]1CNC(=O)C1. The molecular weight excluding hydrogens is 677 g/mol. The van der Waals surface area contributed by atoms with Gasteiger partial charge >= 0.3 is 0 Å². The Morgan fingerprint density at radius 1 is 0.740 bits per heavy atom. The number of benzene rings is 2. The molecule has 11 nitrogen and oxygen atoms in total. The van der Waals surface area contributed by atoms with Crippen LogP contribution in [0, 0.1) is 11.8 Å². The molecule has 3 N–H and O–H groups in total. The summed E-state index contributed by atoms with van der Waals surface area (Å²) in [6.07, 6.45) is 9.18. The number of hydrogen-bond acceptors (Lipinski definition) is 9. The van der Waals surface area contributed by atoms with Gasteiger partial charge in [-0.15, -0.1) is 0 Å². The van der Waals surface area contributed by atoms with Crippen LogP contribution in [-0.2, 0) is 22.6 Å². The molecular formula is C37H41Cl2N7O4. The number of carbonyl (C=O) groups excluding carboxylic acids is 2. The van der Waals surface area contributed by atoms with E-state index in [0.717, 1.165) is 68.6 Å². The first-order chi connectivity index (χ1) is 24.3. The van der Waals surface area contributed by atoms with Crippen LogP contribution in [0.25, 0.3) is 33.6 Å². The van der Waals surface area contributed by atoms with Crippen molar-refractivity contribution in [2.24, 2.45) is 11.8 Å². The number of hydrogen-bond donors (Lipinski definition) is 3. The van der Waals surface area contributed by atoms with Crippen molar-refractivity contribution in [3.05, 3.63) is 70.2 Å². The summed E-state index contributed by atoms with van der Waals surface area (Å²) in [4.78, 5) is 41.8. The lowest BCUT2D eigenvalue weighted by Gasteiger charge is -2.15. The highest BCUT2D eigenvalue weighted by Crippen LogP contribution is 2.42. The van der Waals surface area contributed by atoms with Crippen LogP contribution in [-0.4, -0.2) is 65.6 Å². The molecule has 0 saturated carbocycles. The molecule has 4 heterocycles. The molecule has 2 atom stereocenters. The normalized spacial score (nSPS) is 17.1. The number of methoxy groups -OCH3 is 2. The topological polar surface area (TPSA) is 140 Å². The molecule has 4 aromatic rings. The largest absolute Gasteiger partial charge is 0.480 e. The van der Waals surface area contributed by atoms with Crippen LogP contribution >= 0.6 is 23.2 Å². The van der Waals surface area contributed by atoms with E-state index in [2.05, 4.69) is 20.9 Å². The van der Waals surface area contributed by atoms with E-state index < -0.39 is 0 Å². The van der Waals surface area contributed by atoms with Gasteiger partial charge in [-0.3, -0.25) is 19.6 Å². The summed E-state index contributed by atoms with van der Waals surface area (Å²) in [6.45, 7) is 2.74. The van der Waals surface area contributed by atoms with Crippen LogP contribution in [0.2, 0.25) is 10.0 Å². The van der Waals surface area contributed by atoms with Gasteiger partial charge < -0.3 is 25.4 Å². The van der Waals surface area contributed by atoms with Crippen LogP contribution in [0.5, 0.6) is 11.8 Å². The van der Waals surface area contributed by atoms with E-state index in [4.69, 9.17) is 47.6 Å². The fourth-order valence-corrected chi connectivity index (χ4v) is 7.17. The van der Waals surface area contributed by atoms with E-state index in [-0.39, 0.29) is 11.8 Å². The Morgan fingerprint density at radius 3 is 1.80 bits per heavy atom. The lowest BCUT2D eigenvalue weighted by Crippen LogP contribution is -2.20. The third-order valence-electron chi connectivity index (χ3n) is 9.27. The first-order valence-corrected chi connectivity index (χ1v) is 17.7. The van der Waals surface area contributed by atoms with E-state index in [1.165, 1.54) is 0 Å². The fraction of sp³-hybridized carbons (Fsp3) is 0.405. The van der Waals surface area contributed by atoms with Gasteiger partial charge in [-0.1, -0.05) is 66.0 Å². The van der Waals surface area contributed by atoms with Crippen LogP contribution in [0.4, 0.5) is 0 Å². The van der Waals surface area contributed by atoms with Gasteiger partial charge in [-0.05, 0) is 44.1 Å². The molecule has 0 aliphatic carbocycles. The van der Waals surface area contributed by atoms with Gasteiger partial charge in [0.05, 0.1) is 48.0 Å². The summed E-state index contributed by atoms with van der Waals surface area (Å²) in [7, 11) is 3.16. The minimum atomic E-state index is 0.118. The van der Waals surface area contributed by atoms with Gasteiger partial charge in [0.25, 0.3) is 0 Å². The zero-order valence-electron chi connectivity index (χ0n) is 28.2. The van der Waals surface area contributed by atoms with Crippen molar-refractivity contribution in [2.75, 3.05) is 33.9 Å². The van der Waals surface area contributed by atoms with Crippen molar-refractivity contribution < 1.29 is 19.1 Å². The minimum absolute atomic E-state index is 0.118. The predicted octanol–water partition coefficient (Wildman–Crippen LogP) is 6.06. The summed E-state index contributed by atoms with van der Waals surface area (Å²) >= 11 is 14.1. The number of nitrogens with zero attached hydrogens (tertiary/aromatic N) is 4. The molecule has 2 aromatic heterocycles. The highest BCUT2D eigenvalue weighted by molar-refractivity contribution is 6.39. The van der Waals surface area contributed by atoms with E-state index in [1.54, 1.807) is 26.6 Å². The number of amides is 2. The van der Waals surface area contributed by atoms with Gasteiger partial charge in [0.2, 0.25) is 23.6 Å². The number of unbranched alkanes of at least 4 members (excludes halogenated alkanes) is 1. The minimum Gasteiger partial charge on any atom is -0.480 e. The first-order valence-electron chi connectivity index (χ1n) is 17.0. The van der Waals surface area contributed by atoms with Crippen molar-refractivity contribution in [1.29, 1.82) is 0 Å². The van der Waals surface area contributed by atoms with Crippen LogP contribution in [0.15, 0.2) is 48.8 Å². The number of aromatic nitrogens is 4. The standard InChI is InChI=1S/C37H41Cl2N7O4/c1-49-36-28(12-4-3-7-22-15-32(47)43-17-22)41-20-29(45-36)26-10-5-8-24(34(26)38)25-9-6-11-27(35(25)39)30-21-42-31(37(46-30)50-2)19-40-14-13-23-16-33(48)44-18-23/h5-6,8-11,20-23,40H,3-4,7,12-19H2,1-2H3,(H,43,47)(H,44,48)/t22-,23-/m0/s1. The predicted molar refractivity (Wildman–Crippen MR) is 193 cm³/mol. The third kappa shape index (κ3) is 8.34. The Morgan fingerprint density at radius 2 is 1.26 bits per heavy atom. The Balaban J connectivity index is 1.16. The molecule has 2 saturated heterocycles. The summed E-state index contributed by atoms with van der Waals surface area (Å²) in [6, 6.07) is 11.4. The zero-order chi connectivity index (χ0) is 35.0. The Kier molecular flexibility index (Phi) is 11.8. The van der Waals surface area contributed by atoms with E-state index in [1.807, 2.05) is 36.4 Å². The molecule has 0 bridgehead atoms. The summed E-state index contributed by atoms with van der Waals surface area (Å²) in [5, 5.41) is 10.1. The number of aryl methyl sites for hydroxylation is 1. The zero-order valence-corrected chi connectivity index (χ0v) is 29.7. The number of nitrogens with one attached hydrogen (secondary N) is 3. The molecule has 2 amide bonds. The molecule has 0 radical (unpaired) electrons. The first kappa shape index (κ1) is 35.5. The summed E-state index contributed by atoms with van der Waals surface area (Å²) in [5.74, 6) is 1.90. The molecule has 50 heavy (non-hydrogen) atoms. The molecule has 6 rings (SSSR count). The second-order valence-corrected chi connectivity index (χ2v) is 13.5. The van der Waals surface area contributed by atoms with Crippen molar-refractivity contribution >= 4 is 35.0 Å². The van der Waals surface area contributed by atoms with Crippen LogP contribution in [0.1, 0.15) is 49.9 Å². The van der Waals surface area contributed by atoms with E-state index in [0.29, 0.717) is 81.2 Å². The Hall–Kier alpha value is -4.32. The van der Waals surface area contributed by atoms with Gasteiger partial charge in [0, 0.05) is 54.7 Å². The monoisotopic (exact) mass is 717 g/mol. The highest BCUT2D eigenvalue weighted by atomic mass is 35.5. The third-order valence-corrected chi connectivity index (χ3v) is 10.1. The second kappa shape index (κ2) is 16.6. The van der Waals surface area contributed by atoms with Crippen molar-refractivity contribution in [2.45, 2.75) is 51.5 Å². The van der Waals surface area contributed by atoms with Gasteiger partial charge in [-0.2, -0.15) is 0 Å². The Bertz CT molecular complexity index is 1720. The number of rotatable bonds is 15. The molecule has 2 aliphatic heterocycles. The lowest BCUT2D eigenvalue weighted by molar-refractivity contribution is -0.120. The van der Waals surface area contributed by atoms with Gasteiger partial charge in [0.1, 0.15) is 11.4 Å². The Labute approximate surface area is 301 Å². The molecule has 0 spiro atoms. The summed E-state index contributed by atoms with van der Waals surface area (Å²) in [5.41, 5.74) is 5.50. The fourth-order valence-electron chi connectivity index (χ4n) is 6.53. The maximum Gasteiger partial charge on any atom is 0.237 e. The molecule has 0 unspecified atom stereocenters. The maximum atomic E-state index is 11.5. The second-order valence-electron chi connectivity index (χ2n) is 12.7. The van der Waals surface area contributed by atoms with Crippen molar-refractivity contribution in [1.82, 2.24) is 35.9 Å². The van der Waals surface area contributed by atoms with Gasteiger partial charge in [0.15, 0.2) is 0 Å². The van der Waals surface area contributed by atoms with E-state index in [9.17, 15) is 9.59 Å². The smallest absolute Gasteiger partial charge is 0.237 e. The number of carbonyl (C=O) groups is 2. The van der Waals surface area contributed by atoms with Crippen LogP contribution in [0.3, 0.4) is 0 Å². The molecule has 2 aromatic carbocycles. The molecule has 262 valence electrons. The average Bonchev–Trinajstić information content (AvgIpc) is 3.75. The molecule has 2 aliphatic rings. The maximum absolute atomic E-state index is 11.5.